The number of benzene rings is 1. The summed E-state index contributed by atoms with van der Waals surface area (Å²) in [6, 6.07) is 8.19. The molecule has 19 heavy (non-hydrogen) atoms. The van der Waals surface area contributed by atoms with E-state index in [9.17, 15) is 4.79 Å². The van der Waals surface area contributed by atoms with E-state index in [-0.39, 0.29) is 17.4 Å². The molecule has 1 heterocycles. The number of nitrogens with zero attached hydrogens (tertiary/aromatic N) is 1. The van der Waals surface area contributed by atoms with Crippen LogP contribution in [0.25, 0.3) is 0 Å². The Labute approximate surface area is 115 Å². The highest BCUT2D eigenvalue weighted by Crippen LogP contribution is 2.27. The minimum atomic E-state index is -1.07. The lowest BCUT2D eigenvalue weighted by Crippen LogP contribution is -2.07. The van der Waals surface area contributed by atoms with Gasteiger partial charge in [0.25, 0.3) is 0 Å². The first-order valence-electron chi connectivity index (χ1n) is 5.67. The molecule has 1 aromatic carbocycles. The number of rotatable bonds is 4. The Hall–Kier alpha value is -2.07. The van der Waals surface area contributed by atoms with Crippen molar-refractivity contribution in [1.29, 1.82) is 0 Å². The Morgan fingerprint density at radius 2 is 2.21 bits per heavy atom. The van der Waals surface area contributed by atoms with Gasteiger partial charge in [-0.05, 0) is 31.2 Å². The quantitative estimate of drug-likeness (QED) is 0.928. The van der Waals surface area contributed by atoms with Crippen molar-refractivity contribution in [2.75, 3.05) is 0 Å². The summed E-state index contributed by atoms with van der Waals surface area (Å²) < 4.78 is 5.67. The van der Waals surface area contributed by atoms with Gasteiger partial charge < -0.3 is 9.84 Å². The summed E-state index contributed by atoms with van der Waals surface area (Å²) in [5, 5.41) is 9.48. The van der Waals surface area contributed by atoms with Crippen LogP contribution in [0.5, 0.6) is 5.75 Å². The molecule has 1 aromatic heterocycles. The average Bonchev–Trinajstić information content (AvgIpc) is 2.41. The SMILES string of the molecule is CC(Oc1ccc(Cl)cc1C(=O)O)c1cccnc1. The molecule has 2 rings (SSSR count). The number of aromatic nitrogens is 1. The first kappa shape index (κ1) is 13.4. The molecular formula is C14H12ClNO3. The molecule has 0 bridgehead atoms. The Kier molecular flexibility index (Phi) is 4.02. The average molecular weight is 278 g/mol. The molecule has 2 aromatic rings. The van der Waals surface area contributed by atoms with Gasteiger partial charge in [-0.3, -0.25) is 4.98 Å². The molecule has 0 saturated carbocycles. The molecule has 0 aliphatic heterocycles. The van der Waals surface area contributed by atoms with Crippen molar-refractivity contribution in [2.24, 2.45) is 0 Å². The Bertz CT molecular complexity index is 586. The van der Waals surface area contributed by atoms with Crippen molar-refractivity contribution >= 4 is 17.6 Å². The molecular weight excluding hydrogens is 266 g/mol. The number of hydrogen-bond donors (Lipinski definition) is 1. The molecule has 0 aliphatic carbocycles. The molecule has 1 unspecified atom stereocenters. The van der Waals surface area contributed by atoms with Crippen LogP contribution < -0.4 is 4.74 Å². The van der Waals surface area contributed by atoms with Crippen LogP contribution in [0.3, 0.4) is 0 Å². The number of carbonyl (C=O) groups is 1. The zero-order valence-corrected chi connectivity index (χ0v) is 11.0. The van der Waals surface area contributed by atoms with E-state index < -0.39 is 5.97 Å². The van der Waals surface area contributed by atoms with Gasteiger partial charge in [0.1, 0.15) is 17.4 Å². The third kappa shape index (κ3) is 3.23. The van der Waals surface area contributed by atoms with Gasteiger partial charge in [-0.25, -0.2) is 4.79 Å². The summed E-state index contributed by atoms with van der Waals surface area (Å²) in [5.74, 6) is -0.788. The lowest BCUT2D eigenvalue weighted by molar-refractivity contribution is 0.0689. The fourth-order valence-corrected chi connectivity index (χ4v) is 1.82. The van der Waals surface area contributed by atoms with Gasteiger partial charge in [-0.15, -0.1) is 0 Å². The monoisotopic (exact) mass is 277 g/mol. The maximum absolute atomic E-state index is 11.1. The van der Waals surface area contributed by atoms with Crippen LogP contribution in [0.1, 0.15) is 28.9 Å². The summed E-state index contributed by atoms with van der Waals surface area (Å²) in [6.45, 7) is 1.83. The van der Waals surface area contributed by atoms with E-state index in [4.69, 9.17) is 21.4 Å². The minimum absolute atomic E-state index is 0.0447. The van der Waals surface area contributed by atoms with Crippen LogP contribution >= 0.6 is 11.6 Å². The van der Waals surface area contributed by atoms with Gasteiger partial charge >= 0.3 is 5.97 Å². The lowest BCUT2D eigenvalue weighted by atomic mass is 10.1. The van der Waals surface area contributed by atoms with Gasteiger partial charge in [0.2, 0.25) is 0 Å². The van der Waals surface area contributed by atoms with E-state index in [1.54, 1.807) is 30.6 Å². The second-order valence-corrected chi connectivity index (χ2v) is 4.43. The van der Waals surface area contributed by atoms with E-state index in [1.165, 1.54) is 6.07 Å². The van der Waals surface area contributed by atoms with Crippen molar-refractivity contribution in [1.82, 2.24) is 4.98 Å². The molecule has 0 saturated heterocycles. The van der Waals surface area contributed by atoms with Crippen LogP contribution in [0.4, 0.5) is 0 Å². The third-order valence-corrected chi connectivity index (χ3v) is 2.86. The van der Waals surface area contributed by atoms with Crippen molar-refractivity contribution in [3.05, 3.63) is 58.9 Å². The first-order valence-corrected chi connectivity index (χ1v) is 6.05. The van der Waals surface area contributed by atoms with Gasteiger partial charge in [0.15, 0.2) is 0 Å². The predicted octanol–water partition coefficient (Wildman–Crippen LogP) is 3.57. The molecule has 1 N–H and O–H groups in total. The van der Waals surface area contributed by atoms with E-state index >= 15 is 0 Å². The Morgan fingerprint density at radius 1 is 1.42 bits per heavy atom. The zero-order chi connectivity index (χ0) is 13.8. The first-order chi connectivity index (χ1) is 9.08. The highest BCUT2D eigenvalue weighted by Gasteiger charge is 2.15. The van der Waals surface area contributed by atoms with Crippen LogP contribution in [-0.2, 0) is 0 Å². The topological polar surface area (TPSA) is 59.4 Å². The minimum Gasteiger partial charge on any atom is -0.485 e. The number of halogens is 1. The summed E-state index contributed by atoms with van der Waals surface area (Å²) in [7, 11) is 0. The fourth-order valence-electron chi connectivity index (χ4n) is 1.65. The fraction of sp³-hybridized carbons (Fsp3) is 0.143. The third-order valence-electron chi connectivity index (χ3n) is 2.63. The smallest absolute Gasteiger partial charge is 0.339 e. The number of hydrogen-bond acceptors (Lipinski definition) is 3. The molecule has 0 amide bonds. The molecule has 0 spiro atoms. The standard InChI is InChI=1S/C14H12ClNO3/c1-9(10-3-2-6-16-8-10)19-13-5-4-11(15)7-12(13)14(17)18/h2-9H,1H3,(H,17,18). The highest BCUT2D eigenvalue weighted by molar-refractivity contribution is 6.31. The number of aromatic carboxylic acids is 1. The molecule has 0 aliphatic rings. The second kappa shape index (κ2) is 5.71. The maximum Gasteiger partial charge on any atom is 0.339 e. The van der Waals surface area contributed by atoms with Gasteiger partial charge in [0.05, 0.1) is 0 Å². The molecule has 0 radical (unpaired) electrons. The molecule has 5 heteroatoms. The van der Waals surface area contributed by atoms with Crippen molar-refractivity contribution < 1.29 is 14.6 Å². The maximum atomic E-state index is 11.1. The van der Waals surface area contributed by atoms with Gasteiger partial charge in [-0.2, -0.15) is 0 Å². The van der Waals surface area contributed by atoms with E-state index in [1.807, 2.05) is 13.0 Å². The van der Waals surface area contributed by atoms with Crippen LogP contribution in [0, 0.1) is 0 Å². The van der Waals surface area contributed by atoms with E-state index in [2.05, 4.69) is 4.98 Å². The van der Waals surface area contributed by atoms with Crippen LogP contribution in [0.15, 0.2) is 42.7 Å². The summed E-state index contributed by atoms with van der Waals surface area (Å²) in [5.41, 5.74) is 0.914. The van der Waals surface area contributed by atoms with Crippen LogP contribution in [0.2, 0.25) is 5.02 Å². The largest absolute Gasteiger partial charge is 0.485 e. The Morgan fingerprint density at radius 3 is 2.84 bits per heavy atom. The number of carboxylic acid groups (broad SMARTS) is 1. The normalized spacial score (nSPS) is 11.9. The number of pyridine rings is 1. The van der Waals surface area contributed by atoms with E-state index in [0.717, 1.165) is 5.56 Å². The predicted molar refractivity (Wildman–Crippen MR) is 71.7 cm³/mol. The summed E-state index contributed by atoms with van der Waals surface area (Å²) in [6.07, 6.45) is 3.05. The molecule has 1 atom stereocenters. The van der Waals surface area contributed by atoms with Crippen molar-refractivity contribution in [2.45, 2.75) is 13.0 Å². The second-order valence-electron chi connectivity index (χ2n) is 3.99. The summed E-state index contributed by atoms with van der Waals surface area (Å²) in [4.78, 5) is 15.1. The van der Waals surface area contributed by atoms with Crippen molar-refractivity contribution in [3.63, 3.8) is 0 Å². The van der Waals surface area contributed by atoms with Gasteiger partial charge in [0, 0.05) is 23.0 Å². The number of ether oxygens (including phenoxy) is 1. The summed E-state index contributed by atoms with van der Waals surface area (Å²) >= 11 is 5.79. The highest BCUT2D eigenvalue weighted by atomic mass is 35.5. The van der Waals surface area contributed by atoms with E-state index in [0.29, 0.717) is 5.02 Å². The molecule has 0 fully saturated rings. The van der Waals surface area contributed by atoms with Crippen molar-refractivity contribution in [3.8, 4) is 5.75 Å². The molecule has 98 valence electrons. The van der Waals surface area contributed by atoms with Gasteiger partial charge in [-0.1, -0.05) is 17.7 Å². The lowest BCUT2D eigenvalue weighted by Gasteiger charge is -2.16. The molecule has 4 nitrogen and oxygen atoms in total. The van der Waals surface area contributed by atoms with Crippen LogP contribution in [-0.4, -0.2) is 16.1 Å². The zero-order valence-electron chi connectivity index (χ0n) is 10.2. The Balaban J connectivity index is 2.26. The number of carboxylic acids is 1.